The fraction of sp³-hybridized carbons (Fsp3) is 0.364. The van der Waals surface area contributed by atoms with E-state index in [1.807, 2.05) is 0 Å². The first-order chi connectivity index (χ1) is 8.27. The SMILES string of the molecule is COC(=O)C(C)(C)Oc1ccc(N)c([N+](=O)[O-])c1. The number of nitro benzene ring substituents is 1. The van der Waals surface area contributed by atoms with Gasteiger partial charge >= 0.3 is 5.97 Å². The first-order valence-corrected chi connectivity index (χ1v) is 5.09. The summed E-state index contributed by atoms with van der Waals surface area (Å²) in [4.78, 5) is 21.5. The number of anilines is 1. The zero-order chi connectivity index (χ0) is 13.9. The third kappa shape index (κ3) is 2.88. The summed E-state index contributed by atoms with van der Waals surface area (Å²) in [5.74, 6) is -0.409. The van der Waals surface area contributed by atoms with Crippen molar-refractivity contribution in [3.05, 3.63) is 28.3 Å². The number of hydrogen-bond acceptors (Lipinski definition) is 6. The van der Waals surface area contributed by atoms with E-state index in [0.717, 1.165) is 0 Å². The number of nitro groups is 1. The maximum Gasteiger partial charge on any atom is 0.349 e. The molecule has 0 saturated heterocycles. The standard InChI is InChI=1S/C11H14N2O5/c1-11(2,10(14)17-3)18-7-4-5-8(12)9(6-7)13(15)16/h4-6H,12H2,1-3H3. The molecular formula is C11H14N2O5. The number of carbonyl (C=O) groups is 1. The largest absolute Gasteiger partial charge is 0.476 e. The predicted molar refractivity (Wildman–Crippen MR) is 64.2 cm³/mol. The van der Waals surface area contributed by atoms with Gasteiger partial charge in [-0.15, -0.1) is 0 Å². The van der Waals surface area contributed by atoms with Gasteiger partial charge in [-0.05, 0) is 26.0 Å². The number of carbonyl (C=O) groups excluding carboxylic acids is 1. The molecule has 0 spiro atoms. The van der Waals surface area contributed by atoms with Gasteiger partial charge in [-0.25, -0.2) is 4.79 Å². The molecule has 0 radical (unpaired) electrons. The summed E-state index contributed by atoms with van der Waals surface area (Å²) < 4.78 is 9.93. The second-order valence-electron chi connectivity index (χ2n) is 4.08. The van der Waals surface area contributed by atoms with Crippen LogP contribution in [0.4, 0.5) is 11.4 Å². The minimum absolute atomic E-state index is 0.0308. The Labute approximate surface area is 104 Å². The zero-order valence-electron chi connectivity index (χ0n) is 10.3. The van der Waals surface area contributed by atoms with Crippen molar-refractivity contribution < 1.29 is 19.2 Å². The minimum Gasteiger partial charge on any atom is -0.476 e. The van der Waals surface area contributed by atoms with Gasteiger partial charge in [-0.3, -0.25) is 10.1 Å². The Morgan fingerprint density at radius 2 is 2.06 bits per heavy atom. The fourth-order valence-corrected chi connectivity index (χ4v) is 1.33. The van der Waals surface area contributed by atoms with Crippen LogP contribution in [0, 0.1) is 10.1 Å². The van der Waals surface area contributed by atoms with Crippen LogP contribution in [-0.4, -0.2) is 23.6 Å². The molecule has 0 aliphatic carbocycles. The molecule has 0 bridgehead atoms. The van der Waals surface area contributed by atoms with Gasteiger partial charge in [-0.1, -0.05) is 0 Å². The van der Waals surface area contributed by atoms with Crippen LogP contribution in [0.15, 0.2) is 18.2 Å². The molecule has 0 fully saturated rings. The number of hydrogen-bond donors (Lipinski definition) is 1. The van der Waals surface area contributed by atoms with Crippen molar-refractivity contribution in [1.82, 2.24) is 0 Å². The molecule has 1 rings (SSSR count). The van der Waals surface area contributed by atoms with Crippen molar-refractivity contribution in [1.29, 1.82) is 0 Å². The van der Waals surface area contributed by atoms with Crippen molar-refractivity contribution in [2.24, 2.45) is 0 Å². The van der Waals surface area contributed by atoms with Gasteiger partial charge in [0.25, 0.3) is 5.69 Å². The molecule has 98 valence electrons. The highest BCUT2D eigenvalue weighted by Crippen LogP contribution is 2.28. The average Bonchev–Trinajstić information content (AvgIpc) is 2.29. The second-order valence-corrected chi connectivity index (χ2v) is 4.08. The quantitative estimate of drug-likeness (QED) is 0.378. The number of nitrogens with zero attached hydrogens (tertiary/aromatic N) is 1. The van der Waals surface area contributed by atoms with E-state index in [1.165, 1.54) is 39.2 Å². The molecule has 0 aliphatic rings. The number of methoxy groups -OCH3 is 1. The van der Waals surface area contributed by atoms with Crippen LogP contribution < -0.4 is 10.5 Å². The molecule has 0 atom stereocenters. The molecule has 0 saturated carbocycles. The lowest BCUT2D eigenvalue weighted by atomic mass is 10.1. The molecule has 7 heteroatoms. The first kappa shape index (κ1) is 13.8. The summed E-state index contributed by atoms with van der Waals surface area (Å²) in [6, 6.07) is 3.97. The summed E-state index contributed by atoms with van der Waals surface area (Å²) in [6.07, 6.45) is 0. The van der Waals surface area contributed by atoms with E-state index in [2.05, 4.69) is 4.74 Å². The molecule has 1 aromatic carbocycles. The van der Waals surface area contributed by atoms with Crippen molar-refractivity contribution in [2.75, 3.05) is 12.8 Å². The summed E-state index contributed by atoms with van der Waals surface area (Å²) in [6.45, 7) is 3.00. The molecule has 1 aromatic rings. The molecular weight excluding hydrogens is 240 g/mol. The van der Waals surface area contributed by atoms with Crippen molar-refractivity contribution >= 4 is 17.3 Å². The Balaban J connectivity index is 3.02. The zero-order valence-corrected chi connectivity index (χ0v) is 10.3. The van der Waals surface area contributed by atoms with Gasteiger partial charge in [0.05, 0.1) is 18.1 Å². The number of nitrogen functional groups attached to an aromatic ring is 1. The number of nitrogens with two attached hydrogens (primary N) is 1. The monoisotopic (exact) mass is 254 g/mol. The molecule has 0 amide bonds. The van der Waals surface area contributed by atoms with Gasteiger partial charge < -0.3 is 15.2 Å². The predicted octanol–water partition coefficient (Wildman–Crippen LogP) is 1.51. The second kappa shape index (κ2) is 4.91. The molecule has 0 aromatic heterocycles. The van der Waals surface area contributed by atoms with Gasteiger partial charge in [-0.2, -0.15) is 0 Å². The van der Waals surface area contributed by atoms with Crippen LogP contribution in [0.2, 0.25) is 0 Å². The highest BCUT2D eigenvalue weighted by atomic mass is 16.6. The number of ether oxygens (including phenoxy) is 2. The van der Waals surface area contributed by atoms with Crippen molar-refractivity contribution in [3.8, 4) is 5.75 Å². The third-order valence-corrected chi connectivity index (χ3v) is 2.25. The average molecular weight is 254 g/mol. The van der Waals surface area contributed by atoms with E-state index < -0.39 is 16.5 Å². The van der Waals surface area contributed by atoms with Gasteiger partial charge in [0, 0.05) is 0 Å². The van der Waals surface area contributed by atoms with Gasteiger partial charge in [0.2, 0.25) is 0 Å². The van der Waals surface area contributed by atoms with E-state index in [0.29, 0.717) is 0 Å². The number of rotatable bonds is 4. The summed E-state index contributed by atoms with van der Waals surface area (Å²) >= 11 is 0. The van der Waals surface area contributed by atoms with Crippen LogP contribution in [0.25, 0.3) is 0 Å². The highest BCUT2D eigenvalue weighted by molar-refractivity contribution is 5.79. The normalized spacial score (nSPS) is 10.8. The Hall–Kier alpha value is -2.31. The van der Waals surface area contributed by atoms with E-state index in [4.69, 9.17) is 10.5 Å². The van der Waals surface area contributed by atoms with Crippen molar-refractivity contribution in [3.63, 3.8) is 0 Å². The molecule has 0 unspecified atom stereocenters. The molecule has 0 aliphatic heterocycles. The van der Waals surface area contributed by atoms with Crippen LogP contribution in [0.1, 0.15) is 13.8 Å². The maximum absolute atomic E-state index is 11.4. The lowest BCUT2D eigenvalue weighted by Crippen LogP contribution is -2.39. The van der Waals surface area contributed by atoms with E-state index in [-0.39, 0.29) is 17.1 Å². The summed E-state index contributed by atoms with van der Waals surface area (Å²) in [5.41, 5.74) is 3.97. The van der Waals surface area contributed by atoms with Gasteiger partial charge in [0.1, 0.15) is 11.4 Å². The first-order valence-electron chi connectivity index (χ1n) is 5.09. The molecule has 2 N–H and O–H groups in total. The van der Waals surface area contributed by atoms with Crippen LogP contribution >= 0.6 is 0 Å². The third-order valence-electron chi connectivity index (χ3n) is 2.25. The minimum atomic E-state index is -1.24. The van der Waals surface area contributed by atoms with E-state index >= 15 is 0 Å². The topological polar surface area (TPSA) is 105 Å². The maximum atomic E-state index is 11.4. The Bertz CT molecular complexity index is 484. The highest BCUT2D eigenvalue weighted by Gasteiger charge is 2.31. The lowest BCUT2D eigenvalue weighted by molar-refractivity contribution is -0.384. The Morgan fingerprint density at radius 3 is 2.56 bits per heavy atom. The number of benzene rings is 1. The van der Waals surface area contributed by atoms with Crippen LogP contribution in [-0.2, 0) is 9.53 Å². The van der Waals surface area contributed by atoms with E-state index in [1.54, 1.807) is 0 Å². The smallest absolute Gasteiger partial charge is 0.349 e. The summed E-state index contributed by atoms with van der Waals surface area (Å²) in [5, 5.41) is 10.7. The van der Waals surface area contributed by atoms with Crippen LogP contribution in [0.3, 0.4) is 0 Å². The lowest BCUT2D eigenvalue weighted by Gasteiger charge is -2.23. The summed E-state index contributed by atoms with van der Waals surface area (Å²) in [7, 11) is 1.23. The molecule has 0 heterocycles. The van der Waals surface area contributed by atoms with Crippen molar-refractivity contribution in [2.45, 2.75) is 19.4 Å². The Kier molecular flexibility index (Phi) is 3.75. The molecule has 18 heavy (non-hydrogen) atoms. The van der Waals surface area contributed by atoms with E-state index in [9.17, 15) is 14.9 Å². The van der Waals surface area contributed by atoms with Crippen LogP contribution in [0.5, 0.6) is 5.75 Å². The van der Waals surface area contributed by atoms with Gasteiger partial charge in [0.15, 0.2) is 5.60 Å². The Morgan fingerprint density at radius 1 is 1.44 bits per heavy atom. The molecule has 7 nitrogen and oxygen atoms in total. The fourth-order valence-electron chi connectivity index (χ4n) is 1.33. The number of esters is 1.